The highest BCUT2D eigenvalue weighted by Gasteiger charge is 2.08. The number of benzene rings is 2. The van der Waals surface area contributed by atoms with Crippen LogP contribution in [0.15, 0.2) is 46.8 Å². The summed E-state index contributed by atoms with van der Waals surface area (Å²) in [4.78, 5) is 12.2. The molecule has 9 heteroatoms. The summed E-state index contributed by atoms with van der Waals surface area (Å²) in [5.41, 5.74) is 7.51. The Balaban J connectivity index is 1.60. The van der Waals surface area contributed by atoms with Crippen molar-refractivity contribution in [3.05, 3.63) is 64.4 Å². The highest BCUT2D eigenvalue weighted by molar-refractivity contribution is 8.00. The van der Waals surface area contributed by atoms with E-state index in [1.54, 1.807) is 12.1 Å². The average Bonchev–Trinajstić information content (AvgIpc) is 3.02. The number of carbonyl (C=O) groups excluding carboxylic acids is 1. The topological polar surface area (TPSA) is 80.9 Å². The Hall–Kier alpha value is -2.16. The zero-order valence-electron chi connectivity index (χ0n) is 12.7. The van der Waals surface area contributed by atoms with Crippen LogP contribution in [0.2, 0.25) is 5.02 Å². The van der Waals surface area contributed by atoms with Gasteiger partial charge >= 0.3 is 0 Å². The zero-order valence-corrected chi connectivity index (χ0v) is 15.1. The van der Waals surface area contributed by atoms with Crippen LogP contribution in [0.3, 0.4) is 0 Å². The van der Waals surface area contributed by atoms with E-state index < -0.39 is 5.82 Å². The first kappa shape index (κ1) is 17.7. The van der Waals surface area contributed by atoms with Crippen LogP contribution in [0.4, 0.5) is 15.2 Å². The predicted octanol–water partition coefficient (Wildman–Crippen LogP) is 4.46. The lowest BCUT2D eigenvalue weighted by Crippen LogP contribution is -2.11. The minimum Gasteiger partial charge on any atom is -0.374 e. The van der Waals surface area contributed by atoms with E-state index in [1.165, 1.54) is 41.3 Å². The fourth-order valence-corrected chi connectivity index (χ4v) is 3.73. The molecule has 0 radical (unpaired) electrons. The molecule has 1 amide bonds. The molecule has 3 aromatic rings. The third-order valence-electron chi connectivity index (χ3n) is 3.18. The minimum absolute atomic E-state index is 0.0394. The van der Waals surface area contributed by atoms with Gasteiger partial charge in [0.2, 0.25) is 5.13 Å². The van der Waals surface area contributed by atoms with Crippen molar-refractivity contribution in [2.45, 2.75) is 10.1 Å². The number of nitrogens with two attached hydrogens (primary N) is 1. The van der Waals surface area contributed by atoms with E-state index in [0.717, 1.165) is 9.90 Å². The molecule has 0 aliphatic carbocycles. The van der Waals surface area contributed by atoms with Crippen molar-refractivity contribution in [3.8, 4) is 0 Å². The molecule has 0 saturated heterocycles. The van der Waals surface area contributed by atoms with Gasteiger partial charge in [-0.1, -0.05) is 46.8 Å². The lowest BCUT2D eigenvalue weighted by atomic mass is 10.1. The van der Waals surface area contributed by atoms with Crippen LogP contribution in [-0.2, 0) is 5.75 Å². The highest BCUT2D eigenvalue weighted by Crippen LogP contribution is 2.27. The molecule has 25 heavy (non-hydrogen) atoms. The largest absolute Gasteiger partial charge is 0.374 e. The molecule has 0 spiro atoms. The van der Waals surface area contributed by atoms with E-state index in [0.29, 0.717) is 22.1 Å². The lowest BCUT2D eigenvalue weighted by Gasteiger charge is -2.07. The van der Waals surface area contributed by atoms with E-state index in [4.69, 9.17) is 17.3 Å². The first-order valence-electron chi connectivity index (χ1n) is 7.08. The van der Waals surface area contributed by atoms with Gasteiger partial charge in [-0.25, -0.2) is 4.39 Å². The van der Waals surface area contributed by atoms with Crippen LogP contribution in [-0.4, -0.2) is 16.1 Å². The Morgan fingerprint density at radius 1 is 1.24 bits per heavy atom. The maximum Gasteiger partial charge on any atom is 0.255 e. The monoisotopic (exact) mass is 394 g/mol. The summed E-state index contributed by atoms with van der Waals surface area (Å²) in [6, 6.07) is 11.2. The molecule has 3 rings (SSSR count). The summed E-state index contributed by atoms with van der Waals surface area (Å²) < 4.78 is 13.9. The molecule has 0 saturated carbocycles. The van der Waals surface area contributed by atoms with Gasteiger partial charge in [0, 0.05) is 17.0 Å². The fourth-order valence-electron chi connectivity index (χ4n) is 1.95. The number of carbonyl (C=O) groups is 1. The van der Waals surface area contributed by atoms with Gasteiger partial charge in [-0.2, -0.15) is 0 Å². The van der Waals surface area contributed by atoms with E-state index in [9.17, 15) is 9.18 Å². The summed E-state index contributed by atoms with van der Waals surface area (Å²) in [7, 11) is 0. The van der Waals surface area contributed by atoms with Crippen molar-refractivity contribution in [3.63, 3.8) is 0 Å². The molecule has 128 valence electrons. The third-order valence-corrected chi connectivity index (χ3v) is 5.42. The second kappa shape index (κ2) is 7.81. The van der Waals surface area contributed by atoms with Gasteiger partial charge in [0.05, 0.1) is 5.02 Å². The number of nitrogens with one attached hydrogen (secondary N) is 1. The number of amides is 1. The van der Waals surface area contributed by atoms with Gasteiger partial charge in [-0.15, -0.1) is 10.2 Å². The van der Waals surface area contributed by atoms with E-state index in [2.05, 4.69) is 15.5 Å². The molecular formula is C16H12ClFN4OS2. The molecule has 2 aromatic carbocycles. The summed E-state index contributed by atoms with van der Waals surface area (Å²) in [6.45, 7) is 0. The molecule has 0 unspecified atom stereocenters. The number of thioether (sulfide) groups is 1. The summed E-state index contributed by atoms with van der Waals surface area (Å²) in [5, 5.41) is 10.8. The van der Waals surface area contributed by atoms with Gasteiger partial charge < -0.3 is 11.1 Å². The van der Waals surface area contributed by atoms with Crippen molar-refractivity contribution >= 4 is 51.4 Å². The number of halogens is 2. The number of anilines is 2. The number of hydrogen-bond donors (Lipinski definition) is 2. The molecule has 0 aliphatic rings. The van der Waals surface area contributed by atoms with Crippen molar-refractivity contribution in [1.29, 1.82) is 0 Å². The normalized spacial score (nSPS) is 10.6. The highest BCUT2D eigenvalue weighted by atomic mass is 35.5. The quantitative estimate of drug-likeness (QED) is 0.624. The molecule has 0 aliphatic heterocycles. The van der Waals surface area contributed by atoms with Crippen molar-refractivity contribution in [2.24, 2.45) is 0 Å². The first-order valence-corrected chi connectivity index (χ1v) is 9.26. The van der Waals surface area contributed by atoms with Crippen molar-refractivity contribution in [1.82, 2.24) is 10.2 Å². The SMILES string of the molecule is Nc1nnc(SCc2ccc(C(=O)Nc3ccc(F)c(Cl)c3)cc2)s1. The number of nitrogens with zero attached hydrogens (tertiary/aromatic N) is 2. The summed E-state index contributed by atoms with van der Waals surface area (Å²) in [6.07, 6.45) is 0. The van der Waals surface area contributed by atoms with Crippen LogP contribution >= 0.6 is 34.7 Å². The second-order valence-electron chi connectivity index (χ2n) is 4.97. The van der Waals surface area contributed by atoms with Gasteiger partial charge in [-0.05, 0) is 35.9 Å². The number of nitrogen functional groups attached to an aromatic ring is 1. The molecule has 0 bridgehead atoms. The van der Waals surface area contributed by atoms with E-state index >= 15 is 0 Å². The van der Waals surface area contributed by atoms with Crippen LogP contribution in [0.25, 0.3) is 0 Å². The number of hydrogen-bond acceptors (Lipinski definition) is 6. The van der Waals surface area contributed by atoms with E-state index in [1.807, 2.05) is 12.1 Å². The Morgan fingerprint density at radius 2 is 2.00 bits per heavy atom. The van der Waals surface area contributed by atoms with Crippen LogP contribution < -0.4 is 11.1 Å². The van der Waals surface area contributed by atoms with Gasteiger partial charge in [0.1, 0.15) is 5.82 Å². The standard InChI is InChI=1S/C16H12ClFN4OS2/c17-12-7-11(5-6-13(12)18)20-14(23)10-3-1-9(2-4-10)8-24-16-22-21-15(19)25-16/h1-7H,8H2,(H2,19,21)(H,20,23). The minimum atomic E-state index is -0.529. The van der Waals surface area contributed by atoms with Crippen molar-refractivity contribution < 1.29 is 9.18 Å². The molecule has 1 aromatic heterocycles. The molecule has 0 atom stereocenters. The summed E-state index contributed by atoms with van der Waals surface area (Å²) >= 11 is 8.57. The molecule has 1 heterocycles. The zero-order chi connectivity index (χ0) is 17.8. The Bertz CT molecular complexity index is 901. The first-order chi connectivity index (χ1) is 12.0. The Labute approximate surface area is 156 Å². The Kier molecular flexibility index (Phi) is 5.52. The second-order valence-corrected chi connectivity index (χ2v) is 7.61. The van der Waals surface area contributed by atoms with Crippen LogP contribution in [0.5, 0.6) is 0 Å². The van der Waals surface area contributed by atoms with Gasteiger partial charge in [-0.3, -0.25) is 4.79 Å². The lowest BCUT2D eigenvalue weighted by molar-refractivity contribution is 0.102. The predicted molar refractivity (Wildman–Crippen MR) is 99.7 cm³/mol. The van der Waals surface area contributed by atoms with Crippen LogP contribution in [0, 0.1) is 5.82 Å². The number of rotatable bonds is 5. The summed E-state index contributed by atoms with van der Waals surface area (Å²) in [5.74, 6) is -0.123. The smallest absolute Gasteiger partial charge is 0.255 e. The average molecular weight is 395 g/mol. The molecule has 0 fully saturated rings. The van der Waals surface area contributed by atoms with E-state index in [-0.39, 0.29) is 10.9 Å². The van der Waals surface area contributed by atoms with Gasteiger partial charge in [0.15, 0.2) is 4.34 Å². The Morgan fingerprint density at radius 3 is 2.64 bits per heavy atom. The molecule has 5 nitrogen and oxygen atoms in total. The van der Waals surface area contributed by atoms with Crippen LogP contribution in [0.1, 0.15) is 15.9 Å². The fraction of sp³-hybridized carbons (Fsp3) is 0.0625. The molecule has 3 N–H and O–H groups in total. The third kappa shape index (κ3) is 4.68. The molecular weight excluding hydrogens is 383 g/mol. The number of aromatic nitrogens is 2. The maximum absolute atomic E-state index is 13.1. The van der Waals surface area contributed by atoms with Crippen molar-refractivity contribution in [2.75, 3.05) is 11.1 Å². The maximum atomic E-state index is 13.1. The van der Waals surface area contributed by atoms with Gasteiger partial charge in [0.25, 0.3) is 5.91 Å².